The Bertz CT molecular complexity index is 1570. The van der Waals surface area contributed by atoms with Gasteiger partial charge in [0.05, 0.1) is 20.4 Å². The van der Waals surface area contributed by atoms with Crippen LogP contribution in [0.2, 0.25) is 0 Å². The zero-order chi connectivity index (χ0) is 25.0. The highest BCUT2D eigenvalue weighted by Crippen LogP contribution is 2.20. The summed E-state index contributed by atoms with van der Waals surface area (Å²) >= 11 is 0. The van der Waals surface area contributed by atoms with Crippen LogP contribution in [0.3, 0.4) is 0 Å². The van der Waals surface area contributed by atoms with Crippen LogP contribution in [0, 0.1) is 6.92 Å². The molecule has 12 nitrogen and oxygen atoms in total. The van der Waals surface area contributed by atoms with E-state index in [9.17, 15) is 13.2 Å². The lowest BCUT2D eigenvalue weighted by molar-refractivity contribution is 0.414. The third kappa shape index (κ3) is 5.04. The van der Waals surface area contributed by atoms with E-state index in [4.69, 9.17) is 9.47 Å². The molecule has 180 valence electrons. The molecule has 0 atom stereocenters. The van der Waals surface area contributed by atoms with Gasteiger partial charge in [-0.15, -0.1) is 0 Å². The number of sulfonamides is 1. The van der Waals surface area contributed by atoms with E-state index < -0.39 is 20.5 Å². The van der Waals surface area contributed by atoms with Gasteiger partial charge in [0.15, 0.2) is 10.7 Å². The van der Waals surface area contributed by atoms with Crippen LogP contribution in [0.4, 0.5) is 5.82 Å². The van der Waals surface area contributed by atoms with Gasteiger partial charge in [0, 0.05) is 6.21 Å². The quantitative estimate of drug-likeness (QED) is 0.279. The van der Waals surface area contributed by atoms with Gasteiger partial charge in [0.2, 0.25) is 5.78 Å². The fourth-order valence-corrected chi connectivity index (χ4v) is 4.05. The number of hydrogen-bond acceptors (Lipinski definition) is 9. The minimum absolute atomic E-state index is 0.0510. The van der Waals surface area contributed by atoms with Gasteiger partial charge in [-0.05, 0) is 66.6 Å². The molecule has 2 aromatic heterocycles. The van der Waals surface area contributed by atoms with Crippen molar-refractivity contribution < 1.29 is 17.9 Å². The third-order valence-corrected chi connectivity index (χ3v) is 6.13. The first-order chi connectivity index (χ1) is 16.8. The number of H-pyrrole nitrogens is 1. The molecule has 2 N–H and O–H groups in total. The molecule has 0 saturated carbocycles. The van der Waals surface area contributed by atoms with Gasteiger partial charge >= 0.3 is 0 Å². The second-order valence-electron chi connectivity index (χ2n) is 7.16. The van der Waals surface area contributed by atoms with E-state index in [1.165, 1.54) is 19.5 Å². The lowest BCUT2D eigenvalue weighted by Gasteiger charge is -2.07. The molecule has 4 aromatic rings. The first kappa shape index (κ1) is 23.6. The number of fused-ring (bicyclic) bond motifs is 1. The van der Waals surface area contributed by atoms with E-state index in [1.54, 1.807) is 62.6 Å². The third-order valence-electron chi connectivity index (χ3n) is 4.89. The maximum absolute atomic E-state index is 13.2. The summed E-state index contributed by atoms with van der Waals surface area (Å²) in [5.74, 6) is 1.26. The number of ether oxygens (including phenoxy) is 2. The van der Waals surface area contributed by atoms with E-state index in [2.05, 4.69) is 30.1 Å². The van der Waals surface area contributed by atoms with Gasteiger partial charge in [0.25, 0.3) is 15.6 Å². The Morgan fingerprint density at radius 2 is 1.54 bits per heavy atom. The number of aliphatic imine (C=N–C) groups is 1. The molecule has 0 aliphatic rings. The zero-order valence-corrected chi connectivity index (χ0v) is 19.8. The Morgan fingerprint density at radius 3 is 2.11 bits per heavy atom. The second kappa shape index (κ2) is 9.77. The molecule has 13 heteroatoms. The summed E-state index contributed by atoms with van der Waals surface area (Å²) in [6, 6.07) is 13.7. The molecule has 0 saturated heterocycles. The van der Waals surface area contributed by atoms with Crippen molar-refractivity contribution in [3.8, 4) is 11.5 Å². The van der Waals surface area contributed by atoms with E-state index in [0.29, 0.717) is 22.6 Å². The molecule has 0 amide bonds. The minimum Gasteiger partial charge on any atom is -0.497 e. The average Bonchev–Trinajstić information content (AvgIpc) is 3.24. The number of aryl methyl sites for hydroxylation is 1. The second-order valence-corrected chi connectivity index (χ2v) is 8.75. The van der Waals surface area contributed by atoms with E-state index >= 15 is 0 Å². The molecular weight excluding hydrogens is 474 g/mol. The molecule has 35 heavy (non-hydrogen) atoms. The van der Waals surface area contributed by atoms with Gasteiger partial charge in [-0.2, -0.15) is 28.4 Å². The SMILES string of the molecule is COc1ccc(/C=N/NS(=O)(=O)c2c(/N=C/c3ccc(OC)cc3)nc3[nH]nc(C)n3c2=O)cc1. The van der Waals surface area contributed by atoms with Crippen LogP contribution >= 0.6 is 0 Å². The summed E-state index contributed by atoms with van der Waals surface area (Å²) < 4.78 is 37.5. The van der Waals surface area contributed by atoms with E-state index in [0.717, 1.165) is 4.40 Å². The number of aromatic nitrogens is 4. The summed E-state index contributed by atoms with van der Waals surface area (Å²) in [7, 11) is -1.37. The van der Waals surface area contributed by atoms with Crippen molar-refractivity contribution in [3.63, 3.8) is 0 Å². The Labute approximate surface area is 200 Å². The average molecular weight is 496 g/mol. The van der Waals surface area contributed by atoms with Crippen molar-refractivity contribution >= 4 is 34.0 Å². The molecule has 2 heterocycles. The van der Waals surface area contributed by atoms with Crippen LogP contribution in [0.1, 0.15) is 17.0 Å². The van der Waals surface area contributed by atoms with Crippen molar-refractivity contribution in [2.45, 2.75) is 11.8 Å². The molecule has 0 spiro atoms. The largest absolute Gasteiger partial charge is 0.497 e. The maximum Gasteiger partial charge on any atom is 0.285 e. The summed E-state index contributed by atoms with van der Waals surface area (Å²) in [6.45, 7) is 1.54. The predicted octanol–water partition coefficient (Wildman–Crippen LogP) is 1.81. The number of methoxy groups -OCH3 is 2. The number of nitrogens with one attached hydrogen (secondary N) is 2. The number of hydrogen-bond donors (Lipinski definition) is 2. The summed E-state index contributed by atoms with van der Waals surface area (Å²) in [4.78, 5) is 22.9. The normalized spacial score (nSPS) is 12.0. The van der Waals surface area contributed by atoms with E-state index in [-0.39, 0.29) is 17.4 Å². The first-order valence-electron chi connectivity index (χ1n) is 10.2. The van der Waals surface area contributed by atoms with Gasteiger partial charge in [0.1, 0.15) is 17.3 Å². The number of nitrogens with zero attached hydrogens (tertiary/aromatic N) is 5. The van der Waals surface area contributed by atoms with Gasteiger partial charge in [-0.1, -0.05) is 0 Å². The standard InChI is InChI=1S/C22H21N7O5S/c1-14-26-27-22-25-20(23-12-15-4-8-17(33-2)9-5-15)19(21(30)29(14)22)35(31,32)28-24-13-16-6-10-18(34-3)11-7-16/h4-13,28H,1-3H3,(H,25,27)/b23-12+,24-13+. The zero-order valence-electron chi connectivity index (χ0n) is 19.0. The van der Waals surface area contributed by atoms with Gasteiger partial charge < -0.3 is 9.47 Å². The Morgan fingerprint density at radius 1 is 0.971 bits per heavy atom. The number of hydrazone groups is 1. The fourth-order valence-electron chi connectivity index (χ4n) is 3.10. The molecule has 0 aliphatic carbocycles. The van der Waals surface area contributed by atoms with Crippen LogP contribution in [0.15, 0.2) is 68.3 Å². The van der Waals surface area contributed by atoms with Crippen LogP contribution in [0.5, 0.6) is 11.5 Å². The lowest BCUT2D eigenvalue weighted by atomic mass is 10.2. The number of aromatic amines is 1. The Kier molecular flexibility index (Phi) is 6.59. The smallest absolute Gasteiger partial charge is 0.285 e. The van der Waals surface area contributed by atoms with Crippen molar-refractivity contribution in [2.75, 3.05) is 14.2 Å². The topological polar surface area (TPSA) is 152 Å². The highest BCUT2D eigenvalue weighted by atomic mass is 32.2. The van der Waals surface area contributed by atoms with Gasteiger partial charge in [-0.25, -0.2) is 14.5 Å². The number of rotatable bonds is 8. The van der Waals surface area contributed by atoms with Crippen molar-refractivity contribution in [1.29, 1.82) is 0 Å². The number of benzene rings is 2. The monoisotopic (exact) mass is 495 g/mol. The first-order valence-corrected chi connectivity index (χ1v) is 11.7. The highest BCUT2D eigenvalue weighted by molar-refractivity contribution is 7.89. The van der Waals surface area contributed by atoms with Gasteiger partial charge in [-0.3, -0.25) is 4.79 Å². The van der Waals surface area contributed by atoms with Crippen molar-refractivity contribution in [1.82, 2.24) is 24.4 Å². The van der Waals surface area contributed by atoms with Crippen LogP contribution in [-0.4, -0.2) is 54.6 Å². The van der Waals surface area contributed by atoms with Crippen LogP contribution < -0.4 is 19.9 Å². The highest BCUT2D eigenvalue weighted by Gasteiger charge is 2.27. The fraction of sp³-hybridized carbons (Fsp3) is 0.136. The molecule has 0 aliphatic heterocycles. The molecule has 0 unspecified atom stereocenters. The van der Waals surface area contributed by atoms with Crippen molar-refractivity contribution in [3.05, 3.63) is 75.8 Å². The summed E-state index contributed by atoms with van der Waals surface area (Å²) in [6.07, 6.45) is 2.69. The van der Waals surface area contributed by atoms with E-state index in [1.807, 2.05) is 0 Å². The summed E-state index contributed by atoms with van der Waals surface area (Å²) in [5.41, 5.74) is 0.389. The maximum atomic E-state index is 13.2. The summed E-state index contributed by atoms with van der Waals surface area (Å²) in [5, 5.41) is 10.3. The molecule has 2 aromatic carbocycles. The molecule has 0 fully saturated rings. The predicted molar refractivity (Wildman–Crippen MR) is 130 cm³/mol. The van der Waals surface area contributed by atoms with Crippen LogP contribution in [0.25, 0.3) is 5.78 Å². The van der Waals surface area contributed by atoms with Crippen LogP contribution in [-0.2, 0) is 10.0 Å². The minimum atomic E-state index is -4.45. The molecule has 0 bridgehead atoms. The lowest BCUT2D eigenvalue weighted by Crippen LogP contribution is -2.29. The molecule has 4 rings (SSSR count). The Balaban J connectivity index is 1.72. The molecular formula is C22H21N7O5S. The Hall–Kier alpha value is -4.52. The molecule has 0 radical (unpaired) electrons. The van der Waals surface area contributed by atoms with Crippen molar-refractivity contribution in [2.24, 2.45) is 10.1 Å².